The van der Waals surface area contributed by atoms with E-state index in [1.54, 1.807) is 11.0 Å². The average molecular weight is 346 g/mol. The van der Waals surface area contributed by atoms with Crippen LogP contribution in [0.15, 0.2) is 36.5 Å². The van der Waals surface area contributed by atoms with E-state index >= 15 is 0 Å². The summed E-state index contributed by atoms with van der Waals surface area (Å²) in [6.45, 7) is 4.84. The van der Waals surface area contributed by atoms with Crippen LogP contribution in [0, 0.1) is 5.92 Å². The first-order valence-electron chi connectivity index (χ1n) is 8.47. The molecule has 2 unspecified atom stereocenters. The van der Waals surface area contributed by atoms with Crippen LogP contribution in [-0.2, 0) is 0 Å². The minimum absolute atomic E-state index is 0.237. The van der Waals surface area contributed by atoms with Crippen LogP contribution in [0.25, 0.3) is 0 Å². The van der Waals surface area contributed by atoms with Crippen LogP contribution in [0.4, 0.5) is 25.1 Å². The van der Waals surface area contributed by atoms with Gasteiger partial charge in [-0.3, -0.25) is 10.2 Å². The second-order valence-electron chi connectivity index (χ2n) is 7.09. The van der Waals surface area contributed by atoms with E-state index in [9.17, 15) is 13.6 Å². The van der Waals surface area contributed by atoms with Crippen LogP contribution >= 0.6 is 0 Å². The molecule has 2 aliphatic rings. The minimum atomic E-state index is -2.74. The molecule has 25 heavy (non-hydrogen) atoms. The van der Waals surface area contributed by atoms with Gasteiger partial charge >= 0.3 is 6.03 Å². The zero-order valence-electron chi connectivity index (χ0n) is 14.1. The third-order valence-corrected chi connectivity index (χ3v) is 5.05. The van der Waals surface area contributed by atoms with Crippen molar-refractivity contribution in [3.05, 3.63) is 42.1 Å². The molecular formula is C18H20F2N4O. The number of nitrogens with zero attached hydrogens (tertiary/aromatic N) is 3. The number of para-hydroxylation sites is 1. The number of hydrogen-bond acceptors (Lipinski definition) is 2. The maximum atomic E-state index is 13.3. The predicted octanol–water partition coefficient (Wildman–Crippen LogP) is 4.25. The van der Waals surface area contributed by atoms with Crippen molar-refractivity contribution in [1.29, 1.82) is 0 Å². The Labute approximate surface area is 144 Å². The SMILES string of the molecule is CC(C)C1CN(C(=O)Nc2ccnn2C2CC2(F)F)c2ccccc21. The Kier molecular flexibility index (Phi) is 3.56. The van der Waals surface area contributed by atoms with Gasteiger partial charge < -0.3 is 0 Å². The zero-order valence-corrected chi connectivity index (χ0v) is 14.1. The Morgan fingerprint density at radius 3 is 2.72 bits per heavy atom. The first-order valence-corrected chi connectivity index (χ1v) is 8.47. The summed E-state index contributed by atoms with van der Waals surface area (Å²) in [7, 11) is 0. The second kappa shape index (κ2) is 5.54. The van der Waals surface area contributed by atoms with E-state index in [-0.39, 0.29) is 18.4 Å². The highest BCUT2D eigenvalue weighted by atomic mass is 19.3. The van der Waals surface area contributed by atoms with Crippen molar-refractivity contribution < 1.29 is 13.6 Å². The van der Waals surface area contributed by atoms with Crippen molar-refractivity contribution in [3.8, 4) is 0 Å². The number of aromatic nitrogens is 2. The molecule has 4 rings (SSSR count). The second-order valence-corrected chi connectivity index (χ2v) is 7.09. The van der Waals surface area contributed by atoms with Crippen LogP contribution in [0.1, 0.15) is 37.8 Å². The normalized spacial score (nSPS) is 23.6. The van der Waals surface area contributed by atoms with Gasteiger partial charge in [-0.2, -0.15) is 5.10 Å². The van der Waals surface area contributed by atoms with E-state index in [1.165, 1.54) is 10.9 Å². The van der Waals surface area contributed by atoms with Crippen LogP contribution in [-0.4, -0.2) is 28.3 Å². The molecule has 2 heterocycles. The number of amides is 2. The molecule has 0 bridgehead atoms. The van der Waals surface area contributed by atoms with Crippen molar-refractivity contribution in [2.75, 3.05) is 16.8 Å². The molecule has 1 aliphatic carbocycles. The van der Waals surface area contributed by atoms with Gasteiger partial charge in [-0.25, -0.2) is 18.3 Å². The molecule has 2 aromatic rings. The summed E-state index contributed by atoms with van der Waals surface area (Å²) in [5.74, 6) is -1.78. The van der Waals surface area contributed by atoms with E-state index in [0.717, 1.165) is 11.3 Å². The summed E-state index contributed by atoms with van der Waals surface area (Å²) in [6.07, 6.45) is 1.19. The summed E-state index contributed by atoms with van der Waals surface area (Å²) >= 11 is 0. The smallest absolute Gasteiger partial charge is 0.293 e. The molecule has 1 N–H and O–H groups in total. The van der Waals surface area contributed by atoms with Crippen molar-refractivity contribution in [2.24, 2.45) is 5.92 Å². The van der Waals surface area contributed by atoms with Crippen LogP contribution < -0.4 is 10.2 Å². The Hall–Kier alpha value is -2.44. The highest BCUT2D eigenvalue weighted by Gasteiger charge is 2.59. The minimum Gasteiger partial charge on any atom is -0.293 e. The largest absolute Gasteiger partial charge is 0.327 e. The lowest BCUT2D eigenvalue weighted by Crippen LogP contribution is -2.35. The Morgan fingerprint density at radius 2 is 2.04 bits per heavy atom. The monoisotopic (exact) mass is 346 g/mol. The van der Waals surface area contributed by atoms with Crippen molar-refractivity contribution in [3.63, 3.8) is 0 Å². The third-order valence-electron chi connectivity index (χ3n) is 5.05. The molecule has 1 aromatic carbocycles. The maximum Gasteiger partial charge on any atom is 0.327 e. The Bertz CT molecular complexity index is 817. The number of rotatable bonds is 3. The van der Waals surface area contributed by atoms with Gasteiger partial charge in [0.25, 0.3) is 5.92 Å². The molecule has 0 radical (unpaired) electrons. The first-order chi connectivity index (χ1) is 11.9. The molecule has 5 nitrogen and oxygen atoms in total. The molecular weight excluding hydrogens is 326 g/mol. The number of nitrogens with one attached hydrogen (secondary N) is 1. The van der Waals surface area contributed by atoms with Gasteiger partial charge in [0.15, 0.2) is 0 Å². The maximum absolute atomic E-state index is 13.3. The molecule has 1 fully saturated rings. The van der Waals surface area contributed by atoms with Crippen molar-refractivity contribution in [1.82, 2.24) is 9.78 Å². The van der Waals surface area contributed by atoms with Crippen LogP contribution in [0.3, 0.4) is 0 Å². The number of benzene rings is 1. The fourth-order valence-corrected chi connectivity index (χ4v) is 3.51. The molecule has 0 saturated heterocycles. The van der Waals surface area contributed by atoms with E-state index < -0.39 is 12.0 Å². The number of carbonyl (C=O) groups excluding carboxylic acids is 1. The van der Waals surface area contributed by atoms with E-state index in [1.807, 2.05) is 24.3 Å². The quantitative estimate of drug-likeness (QED) is 0.903. The zero-order chi connectivity index (χ0) is 17.8. The molecule has 2 amide bonds. The first kappa shape index (κ1) is 16.1. The average Bonchev–Trinajstić information content (AvgIpc) is 2.94. The Morgan fingerprint density at radius 1 is 1.32 bits per heavy atom. The summed E-state index contributed by atoms with van der Waals surface area (Å²) in [5, 5.41) is 6.69. The number of halogens is 2. The van der Waals surface area contributed by atoms with Gasteiger partial charge in [-0.1, -0.05) is 32.0 Å². The fraction of sp³-hybridized carbons (Fsp3) is 0.444. The summed E-state index contributed by atoms with van der Waals surface area (Å²) < 4.78 is 27.9. The lowest BCUT2D eigenvalue weighted by molar-refractivity contribution is 0.0987. The number of urea groups is 1. The molecule has 1 aromatic heterocycles. The summed E-state index contributed by atoms with van der Waals surface area (Å²) in [6, 6.07) is 8.10. The molecule has 1 aliphatic heterocycles. The topological polar surface area (TPSA) is 50.2 Å². The molecule has 0 spiro atoms. The van der Waals surface area contributed by atoms with E-state index in [4.69, 9.17) is 0 Å². The highest BCUT2D eigenvalue weighted by Crippen LogP contribution is 2.53. The number of fused-ring (bicyclic) bond motifs is 1. The molecule has 2 atom stereocenters. The van der Waals surface area contributed by atoms with Gasteiger partial charge in [0, 0.05) is 30.6 Å². The van der Waals surface area contributed by atoms with Crippen molar-refractivity contribution in [2.45, 2.75) is 38.2 Å². The lowest BCUT2D eigenvalue weighted by atomic mass is 9.90. The molecule has 7 heteroatoms. The molecule has 132 valence electrons. The van der Waals surface area contributed by atoms with Gasteiger partial charge in [-0.05, 0) is 17.5 Å². The standard InChI is InChI=1S/C18H20F2N4O/c1-11(2)13-10-23(14-6-4-3-5-12(13)14)17(25)22-16-7-8-21-24(16)15-9-18(15,19)20/h3-8,11,13,15H,9-10H2,1-2H3,(H,22,25). The van der Waals surface area contributed by atoms with E-state index in [2.05, 4.69) is 24.3 Å². The molecule has 1 saturated carbocycles. The van der Waals surface area contributed by atoms with Gasteiger partial charge in [0.1, 0.15) is 11.9 Å². The van der Waals surface area contributed by atoms with E-state index in [0.29, 0.717) is 18.3 Å². The van der Waals surface area contributed by atoms with Crippen molar-refractivity contribution >= 4 is 17.5 Å². The van der Waals surface area contributed by atoms with Crippen LogP contribution in [0.5, 0.6) is 0 Å². The van der Waals surface area contributed by atoms with Gasteiger partial charge in [0.05, 0.1) is 6.20 Å². The van der Waals surface area contributed by atoms with Gasteiger partial charge in [-0.15, -0.1) is 0 Å². The lowest BCUT2D eigenvalue weighted by Gasteiger charge is -2.20. The fourth-order valence-electron chi connectivity index (χ4n) is 3.51. The highest BCUT2D eigenvalue weighted by molar-refractivity contribution is 6.03. The number of hydrogen-bond donors (Lipinski definition) is 1. The van der Waals surface area contributed by atoms with Gasteiger partial charge in [0.2, 0.25) is 0 Å². The summed E-state index contributed by atoms with van der Waals surface area (Å²) in [5.41, 5.74) is 2.02. The number of carbonyl (C=O) groups is 1. The van der Waals surface area contributed by atoms with Crippen LogP contribution in [0.2, 0.25) is 0 Å². The number of anilines is 2. The predicted molar refractivity (Wildman–Crippen MR) is 91.2 cm³/mol. The summed E-state index contributed by atoms with van der Waals surface area (Å²) in [4.78, 5) is 14.5. The third kappa shape index (κ3) is 2.67. The Balaban J connectivity index is 1.56. The number of alkyl halides is 2.